The number of amides is 1. The van der Waals surface area contributed by atoms with Gasteiger partial charge < -0.3 is 5.32 Å². The molecule has 17 heteroatoms. The highest BCUT2D eigenvalue weighted by atomic mass is 79.9. The summed E-state index contributed by atoms with van der Waals surface area (Å²) in [5.41, 5.74) is -13.0. The van der Waals surface area contributed by atoms with Crippen molar-refractivity contribution in [2.45, 2.75) is 37.0 Å². The van der Waals surface area contributed by atoms with Crippen LogP contribution >= 0.6 is 27.3 Å². The van der Waals surface area contributed by atoms with Gasteiger partial charge in [0.05, 0.1) is 22.7 Å². The second-order valence-corrected chi connectivity index (χ2v) is 9.87. The van der Waals surface area contributed by atoms with Crippen LogP contribution in [0.3, 0.4) is 0 Å². The number of thiazole rings is 1. The molecule has 0 fully saturated rings. The minimum Gasteiger partial charge on any atom is -0.319 e. The van der Waals surface area contributed by atoms with Crippen molar-refractivity contribution in [3.05, 3.63) is 79.5 Å². The van der Waals surface area contributed by atoms with Gasteiger partial charge in [-0.2, -0.15) is 39.5 Å². The van der Waals surface area contributed by atoms with Crippen molar-refractivity contribution in [1.29, 1.82) is 0 Å². The topological polar surface area (TPSA) is 59.1 Å². The van der Waals surface area contributed by atoms with Crippen LogP contribution < -0.4 is 5.32 Å². The first-order valence-corrected chi connectivity index (χ1v) is 12.2. The Bertz CT molecular complexity index is 1430. The largest absolute Gasteiger partial charge is 0.435 e. The third-order valence-electron chi connectivity index (χ3n) is 5.47. The Labute approximate surface area is 229 Å². The monoisotopic (exact) mass is 668 g/mol. The van der Waals surface area contributed by atoms with E-state index in [0.717, 1.165) is 11.4 Å². The number of halogens is 12. The molecule has 1 N–H and O–H groups in total. The van der Waals surface area contributed by atoms with Crippen molar-refractivity contribution in [3.63, 3.8) is 0 Å². The highest BCUT2D eigenvalue weighted by Crippen LogP contribution is 2.55. The van der Waals surface area contributed by atoms with E-state index < -0.39 is 80.7 Å². The van der Waals surface area contributed by atoms with Crippen LogP contribution in [0.4, 0.5) is 54.0 Å². The lowest BCUT2D eigenvalue weighted by Crippen LogP contribution is -2.50. The van der Waals surface area contributed by atoms with E-state index in [9.17, 15) is 57.9 Å². The van der Waals surface area contributed by atoms with E-state index in [-0.39, 0.29) is 16.6 Å². The molecule has 1 amide bonds. The summed E-state index contributed by atoms with van der Waals surface area (Å²) in [6, 6.07) is 4.05. The molecule has 1 unspecified atom stereocenters. The number of ketones is 1. The van der Waals surface area contributed by atoms with E-state index in [1.54, 1.807) is 5.32 Å². The zero-order valence-corrected chi connectivity index (χ0v) is 21.7. The van der Waals surface area contributed by atoms with Gasteiger partial charge in [0.1, 0.15) is 16.5 Å². The standard InChI is InChI=1S/C23H12BrF11N2O2S/c1-9(17(38)11-4-2-3-5-14(11)25)19-36-15(8-40-19)18(39)37-16-12(21(27,28)29)6-10(7-13(16)24)20(26,22(30,31)32)23(33,34)35/h2-9H,1H3,(H,37,39). The summed E-state index contributed by atoms with van der Waals surface area (Å²) >= 11 is 3.09. The molecule has 0 radical (unpaired) electrons. The number of benzene rings is 2. The van der Waals surface area contributed by atoms with Crippen LogP contribution in [-0.2, 0) is 11.8 Å². The first-order valence-electron chi connectivity index (χ1n) is 10.5. The molecule has 0 saturated heterocycles. The predicted octanol–water partition coefficient (Wildman–Crippen LogP) is 8.59. The van der Waals surface area contributed by atoms with E-state index in [1.165, 1.54) is 25.1 Å². The fourth-order valence-electron chi connectivity index (χ4n) is 3.42. The molecule has 3 aromatic rings. The van der Waals surface area contributed by atoms with Gasteiger partial charge in [-0.05, 0) is 47.1 Å². The van der Waals surface area contributed by atoms with Crippen LogP contribution in [0.15, 0.2) is 46.3 Å². The number of hydrogen-bond donors (Lipinski definition) is 1. The van der Waals surface area contributed by atoms with Gasteiger partial charge in [0.15, 0.2) is 5.78 Å². The maximum atomic E-state index is 14.5. The summed E-state index contributed by atoms with van der Waals surface area (Å²) in [5.74, 6) is -4.08. The van der Waals surface area contributed by atoms with Crippen molar-refractivity contribution < 1.29 is 57.9 Å². The quantitative estimate of drug-likeness (QED) is 0.211. The number of nitrogens with zero attached hydrogens (tertiary/aromatic N) is 1. The Morgan fingerprint density at radius 3 is 2.05 bits per heavy atom. The van der Waals surface area contributed by atoms with Crippen LogP contribution in [0, 0.1) is 5.82 Å². The molecule has 0 aliphatic heterocycles. The fourth-order valence-corrected chi connectivity index (χ4v) is 4.83. The number of Topliss-reactive ketones (excluding diaryl/α,β-unsaturated/α-hetero) is 1. The number of carbonyl (C=O) groups is 2. The Hall–Kier alpha value is -3.08. The van der Waals surface area contributed by atoms with Gasteiger partial charge >= 0.3 is 24.2 Å². The van der Waals surface area contributed by atoms with E-state index in [4.69, 9.17) is 0 Å². The lowest BCUT2D eigenvalue weighted by atomic mass is 9.92. The average molecular weight is 669 g/mol. The maximum Gasteiger partial charge on any atom is 0.435 e. The number of nitrogens with one attached hydrogen (secondary N) is 1. The summed E-state index contributed by atoms with van der Waals surface area (Å²) in [6.07, 6.45) is -19.0. The van der Waals surface area contributed by atoms with Gasteiger partial charge in [0.25, 0.3) is 5.91 Å². The maximum absolute atomic E-state index is 14.5. The van der Waals surface area contributed by atoms with Crippen LogP contribution in [0.25, 0.3) is 0 Å². The van der Waals surface area contributed by atoms with Crippen molar-refractivity contribution in [3.8, 4) is 0 Å². The Balaban J connectivity index is 1.99. The molecule has 40 heavy (non-hydrogen) atoms. The number of carbonyl (C=O) groups excluding carboxylic acids is 2. The second-order valence-electron chi connectivity index (χ2n) is 8.12. The Morgan fingerprint density at radius 2 is 1.52 bits per heavy atom. The van der Waals surface area contributed by atoms with Gasteiger partial charge in [0, 0.05) is 15.4 Å². The van der Waals surface area contributed by atoms with E-state index >= 15 is 0 Å². The van der Waals surface area contributed by atoms with E-state index in [1.807, 2.05) is 0 Å². The van der Waals surface area contributed by atoms with Gasteiger partial charge in [-0.1, -0.05) is 12.1 Å². The van der Waals surface area contributed by atoms with Crippen molar-refractivity contribution in [2.75, 3.05) is 5.32 Å². The van der Waals surface area contributed by atoms with Crippen LogP contribution in [0.2, 0.25) is 0 Å². The third-order valence-corrected chi connectivity index (χ3v) is 7.12. The first-order chi connectivity index (χ1) is 18.2. The fraction of sp³-hybridized carbons (Fsp3) is 0.261. The lowest BCUT2D eigenvalue weighted by molar-refractivity contribution is -0.348. The molecule has 1 heterocycles. The van der Waals surface area contributed by atoms with Crippen molar-refractivity contribution in [1.82, 2.24) is 4.98 Å². The zero-order chi connectivity index (χ0) is 30.4. The molecule has 0 spiro atoms. The molecular formula is C23H12BrF11N2O2S. The smallest absolute Gasteiger partial charge is 0.319 e. The molecule has 1 atom stereocenters. The van der Waals surface area contributed by atoms with Crippen LogP contribution in [0.1, 0.15) is 49.8 Å². The molecule has 0 bridgehead atoms. The minimum absolute atomic E-state index is 0.0542. The Kier molecular flexibility index (Phi) is 8.43. The molecule has 1 aromatic heterocycles. The summed E-state index contributed by atoms with van der Waals surface area (Å²) in [5, 5.41) is 2.64. The molecule has 2 aromatic carbocycles. The van der Waals surface area contributed by atoms with Crippen LogP contribution in [0.5, 0.6) is 0 Å². The average Bonchev–Trinajstić information content (AvgIpc) is 3.32. The first kappa shape index (κ1) is 31.4. The highest BCUT2D eigenvalue weighted by Gasteiger charge is 2.73. The molecule has 0 aliphatic rings. The number of anilines is 1. The molecule has 0 aliphatic carbocycles. The van der Waals surface area contributed by atoms with Crippen molar-refractivity contribution in [2.24, 2.45) is 0 Å². The second kappa shape index (κ2) is 10.7. The number of alkyl halides is 10. The minimum atomic E-state index is -6.69. The zero-order valence-electron chi connectivity index (χ0n) is 19.3. The molecule has 4 nitrogen and oxygen atoms in total. The SMILES string of the molecule is CC(C(=O)c1ccccc1F)c1nc(C(=O)Nc2c(Br)cc(C(F)(C(F)(F)F)C(F)(F)F)cc2C(F)(F)F)cs1. The third kappa shape index (κ3) is 5.84. The lowest BCUT2D eigenvalue weighted by Gasteiger charge is -2.31. The molecule has 216 valence electrons. The molecule has 0 saturated carbocycles. The van der Waals surface area contributed by atoms with E-state index in [0.29, 0.717) is 11.3 Å². The Morgan fingerprint density at radius 1 is 0.950 bits per heavy atom. The van der Waals surface area contributed by atoms with Gasteiger partial charge in [-0.3, -0.25) is 9.59 Å². The van der Waals surface area contributed by atoms with Gasteiger partial charge in [0.2, 0.25) is 0 Å². The number of rotatable bonds is 6. The molecular weight excluding hydrogens is 657 g/mol. The predicted molar refractivity (Wildman–Crippen MR) is 123 cm³/mol. The normalized spacial score (nSPS) is 13.7. The van der Waals surface area contributed by atoms with Gasteiger partial charge in [-0.25, -0.2) is 13.8 Å². The summed E-state index contributed by atoms with van der Waals surface area (Å²) in [4.78, 5) is 29.1. The highest BCUT2D eigenvalue weighted by molar-refractivity contribution is 9.10. The number of hydrogen-bond acceptors (Lipinski definition) is 4. The van der Waals surface area contributed by atoms with Gasteiger partial charge in [-0.15, -0.1) is 11.3 Å². The van der Waals surface area contributed by atoms with Crippen LogP contribution in [-0.4, -0.2) is 29.0 Å². The molecule has 3 rings (SSSR count). The summed E-state index contributed by atoms with van der Waals surface area (Å²) in [7, 11) is 0. The van der Waals surface area contributed by atoms with E-state index in [2.05, 4.69) is 20.9 Å². The summed E-state index contributed by atoms with van der Waals surface area (Å²) in [6.45, 7) is 1.32. The van der Waals surface area contributed by atoms with Crippen molar-refractivity contribution >= 4 is 44.6 Å². The summed E-state index contributed by atoms with van der Waals surface area (Å²) < 4.78 is 147. The number of aromatic nitrogens is 1.